The fourth-order valence-corrected chi connectivity index (χ4v) is 2.64. The number of methoxy groups -OCH3 is 1. The maximum Gasteiger partial charge on any atom is 0.118 e. The van der Waals surface area contributed by atoms with Crippen LogP contribution in [0.1, 0.15) is 36.1 Å². The van der Waals surface area contributed by atoms with Crippen molar-refractivity contribution in [3.05, 3.63) is 65.2 Å². The van der Waals surface area contributed by atoms with E-state index in [1.165, 1.54) is 23.1 Å². The maximum absolute atomic E-state index is 5.21. The van der Waals surface area contributed by atoms with Crippen LogP contribution < -0.4 is 10.1 Å². The van der Waals surface area contributed by atoms with Crippen molar-refractivity contribution in [1.82, 2.24) is 5.32 Å². The van der Waals surface area contributed by atoms with Gasteiger partial charge in [-0.3, -0.25) is 0 Å². The summed E-state index contributed by atoms with van der Waals surface area (Å²) in [5.74, 6) is 0.907. The lowest BCUT2D eigenvalue weighted by molar-refractivity contribution is 0.414. The van der Waals surface area contributed by atoms with Gasteiger partial charge in [0.15, 0.2) is 0 Å². The van der Waals surface area contributed by atoms with Crippen LogP contribution >= 0.6 is 0 Å². The molecule has 0 saturated carbocycles. The summed E-state index contributed by atoms with van der Waals surface area (Å²) in [6.45, 7) is 2.22. The molecule has 1 N–H and O–H groups in total. The van der Waals surface area contributed by atoms with Crippen molar-refractivity contribution in [2.45, 2.75) is 32.2 Å². The van der Waals surface area contributed by atoms with E-state index in [4.69, 9.17) is 4.74 Å². The molecule has 1 atom stereocenters. The highest BCUT2D eigenvalue weighted by Crippen LogP contribution is 2.21. The van der Waals surface area contributed by atoms with Crippen molar-refractivity contribution in [2.75, 3.05) is 14.2 Å². The van der Waals surface area contributed by atoms with Crippen molar-refractivity contribution in [3.8, 4) is 5.75 Å². The Hall–Kier alpha value is -1.80. The number of benzene rings is 2. The normalized spacial score (nSPS) is 12.1. The number of likely N-dealkylation sites (N-methyl/N-ethyl adjacent to an activating group) is 1. The Morgan fingerprint density at radius 3 is 2.43 bits per heavy atom. The lowest BCUT2D eigenvalue weighted by Crippen LogP contribution is -2.19. The molecule has 0 saturated heterocycles. The molecule has 0 aliphatic carbocycles. The number of hydrogen-bond donors (Lipinski definition) is 1. The first-order valence-electron chi connectivity index (χ1n) is 7.65. The lowest BCUT2D eigenvalue weighted by Gasteiger charge is -2.18. The van der Waals surface area contributed by atoms with Gasteiger partial charge in [-0.05, 0) is 48.7 Å². The molecule has 0 radical (unpaired) electrons. The Morgan fingerprint density at radius 1 is 1.05 bits per heavy atom. The minimum atomic E-state index is 0.343. The van der Waals surface area contributed by atoms with Gasteiger partial charge in [-0.1, -0.05) is 49.7 Å². The second-order valence-electron chi connectivity index (χ2n) is 5.39. The van der Waals surface area contributed by atoms with E-state index < -0.39 is 0 Å². The molecule has 0 bridgehead atoms. The summed E-state index contributed by atoms with van der Waals surface area (Å²) in [5.41, 5.74) is 4.10. The molecular weight excluding hydrogens is 258 g/mol. The molecule has 0 spiro atoms. The zero-order chi connectivity index (χ0) is 15.1. The topological polar surface area (TPSA) is 21.3 Å². The van der Waals surface area contributed by atoms with Gasteiger partial charge in [-0.2, -0.15) is 0 Å². The van der Waals surface area contributed by atoms with Gasteiger partial charge in [-0.25, -0.2) is 0 Å². The SMILES string of the molecule is CCCc1cccc(C(Cc2ccc(OC)cc2)NC)c1. The van der Waals surface area contributed by atoms with Crippen LogP contribution in [0.25, 0.3) is 0 Å². The van der Waals surface area contributed by atoms with E-state index >= 15 is 0 Å². The summed E-state index contributed by atoms with van der Waals surface area (Å²) in [4.78, 5) is 0. The van der Waals surface area contributed by atoms with Gasteiger partial charge in [0.2, 0.25) is 0 Å². The van der Waals surface area contributed by atoms with Gasteiger partial charge in [0.05, 0.1) is 7.11 Å². The number of ether oxygens (including phenoxy) is 1. The number of hydrogen-bond acceptors (Lipinski definition) is 2. The zero-order valence-corrected chi connectivity index (χ0v) is 13.2. The highest BCUT2D eigenvalue weighted by atomic mass is 16.5. The van der Waals surface area contributed by atoms with Crippen molar-refractivity contribution < 1.29 is 4.74 Å². The molecule has 2 aromatic rings. The van der Waals surface area contributed by atoms with Gasteiger partial charge < -0.3 is 10.1 Å². The lowest BCUT2D eigenvalue weighted by atomic mass is 9.96. The monoisotopic (exact) mass is 283 g/mol. The number of rotatable bonds is 7. The highest BCUT2D eigenvalue weighted by Gasteiger charge is 2.10. The highest BCUT2D eigenvalue weighted by molar-refractivity contribution is 5.31. The van der Waals surface area contributed by atoms with E-state index in [-0.39, 0.29) is 0 Å². The predicted molar refractivity (Wildman–Crippen MR) is 88.9 cm³/mol. The van der Waals surface area contributed by atoms with Crippen LogP contribution in [0.2, 0.25) is 0 Å². The van der Waals surface area contributed by atoms with Gasteiger partial charge in [0, 0.05) is 6.04 Å². The zero-order valence-electron chi connectivity index (χ0n) is 13.2. The molecule has 0 aliphatic rings. The van der Waals surface area contributed by atoms with Crippen molar-refractivity contribution in [1.29, 1.82) is 0 Å². The van der Waals surface area contributed by atoms with Gasteiger partial charge in [0.25, 0.3) is 0 Å². The number of nitrogens with one attached hydrogen (secondary N) is 1. The van der Waals surface area contributed by atoms with Crippen molar-refractivity contribution >= 4 is 0 Å². The second kappa shape index (κ2) is 7.84. The molecule has 0 fully saturated rings. The average molecular weight is 283 g/mol. The number of aryl methyl sites for hydroxylation is 1. The standard InChI is InChI=1S/C19H25NO/c1-4-6-15-7-5-8-17(13-15)19(20-2)14-16-9-11-18(21-3)12-10-16/h5,7-13,19-20H,4,6,14H2,1-3H3. The summed E-state index contributed by atoms with van der Waals surface area (Å²) in [6, 6.07) is 17.6. The van der Waals surface area contributed by atoms with E-state index in [0.717, 1.165) is 18.6 Å². The summed E-state index contributed by atoms with van der Waals surface area (Å²) in [5, 5.41) is 3.43. The first-order chi connectivity index (χ1) is 10.3. The molecule has 21 heavy (non-hydrogen) atoms. The Labute approximate surface area is 128 Å². The maximum atomic E-state index is 5.21. The van der Waals surface area contributed by atoms with Crippen molar-refractivity contribution in [3.63, 3.8) is 0 Å². The predicted octanol–water partition coefficient (Wildman–Crippen LogP) is 4.15. The molecule has 2 aromatic carbocycles. The van der Waals surface area contributed by atoms with Gasteiger partial charge >= 0.3 is 0 Å². The smallest absolute Gasteiger partial charge is 0.118 e. The van der Waals surface area contributed by atoms with E-state index in [0.29, 0.717) is 6.04 Å². The first kappa shape index (κ1) is 15.6. The largest absolute Gasteiger partial charge is 0.497 e. The van der Waals surface area contributed by atoms with Crippen LogP contribution in [0, 0.1) is 0 Å². The minimum Gasteiger partial charge on any atom is -0.497 e. The van der Waals surface area contributed by atoms with E-state index in [1.54, 1.807) is 7.11 Å². The third-order valence-corrected chi connectivity index (χ3v) is 3.84. The summed E-state index contributed by atoms with van der Waals surface area (Å²) in [7, 11) is 3.73. The van der Waals surface area contributed by atoms with E-state index in [1.807, 2.05) is 19.2 Å². The Morgan fingerprint density at radius 2 is 1.81 bits per heavy atom. The summed E-state index contributed by atoms with van der Waals surface area (Å²) >= 11 is 0. The molecular formula is C19H25NO. The molecule has 0 aromatic heterocycles. The molecule has 2 nitrogen and oxygen atoms in total. The molecule has 0 amide bonds. The minimum absolute atomic E-state index is 0.343. The van der Waals surface area contributed by atoms with E-state index in [9.17, 15) is 0 Å². The molecule has 0 heterocycles. The van der Waals surface area contributed by atoms with Crippen LogP contribution in [-0.2, 0) is 12.8 Å². The fourth-order valence-electron chi connectivity index (χ4n) is 2.64. The fraction of sp³-hybridized carbons (Fsp3) is 0.368. The quantitative estimate of drug-likeness (QED) is 0.824. The Kier molecular flexibility index (Phi) is 5.82. The molecule has 2 heteroatoms. The molecule has 0 aliphatic heterocycles. The third kappa shape index (κ3) is 4.33. The van der Waals surface area contributed by atoms with Gasteiger partial charge in [-0.15, -0.1) is 0 Å². The van der Waals surface area contributed by atoms with Crippen LogP contribution in [0.3, 0.4) is 0 Å². The molecule has 112 valence electrons. The van der Waals surface area contributed by atoms with Crippen molar-refractivity contribution in [2.24, 2.45) is 0 Å². The van der Waals surface area contributed by atoms with Crippen LogP contribution in [0.15, 0.2) is 48.5 Å². The van der Waals surface area contributed by atoms with Crippen LogP contribution in [-0.4, -0.2) is 14.2 Å². The summed E-state index contributed by atoms with van der Waals surface area (Å²) < 4.78 is 5.21. The Balaban J connectivity index is 2.12. The summed E-state index contributed by atoms with van der Waals surface area (Å²) in [6.07, 6.45) is 3.31. The van der Waals surface area contributed by atoms with E-state index in [2.05, 4.69) is 48.6 Å². The average Bonchev–Trinajstić information content (AvgIpc) is 2.54. The van der Waals surface area contributed by atoms with Crippen LogP contribution in [0.5, 0.6) is 5.75 Å². The second-order valence-corrected chi connectivity index (χ2v) is 5.39. The molecule has 1 unspecified atom stereocenters. The Bertz CT molecular complexity index is 548. The first-order valence-corrected chi connectivity index (χ1v) is 7.65. The van der Waals surface area contributed by atoms with Gasteiger partial charge in [0.1, 0.15) is 5.75 Å². The van der Waals surface area contributed by atoms with Crippen LogP contribution in [0.4, 0.5) is 0 Å². The third-order valence-electron chi connectivity index (χ3n) is 3.84. The molecule has 2 rings (SSSR count).